The largest absolute Gasteiger partial charge is 0.423 e. The van der Waals surface area contributed by atoms with Crippen LogP contribution < -0.4 is 5.63 Å². The fourth-order valence-electron chi connectivity index (χ4n) is 3.56. The number of benzene rings is 2. The Morgan fingerprint density at radius 2 is 1.85 bits per heavy atom. The number of fused-ring (bicyclic) bond motifs is 1. The Balaban J connectivity index is 1.66. The van der Waals surface area contributed by atoms with Crippen molar-refractivity contribution in [2.75, 3.05) is 6.54 Å². The molecule has 0 amide bonds. The average molecular weight is 369 g/mol. The number of hydrogen-bond acceptors (Lipinski definition) is 4. The molecule has 2 heterocycles. The smallest absolute Gasteiger partial charge is 0.336 e. The van der Waals surface area contributed by atoms with Crippen LogP contribution in [0, 0.1) is 0 Å². The lowest BCUT2D eigenvalue weighted by molar-refractivity contribution is 0.385. The maximum Gasteiger partial charge on any atom is 0.336 e. The molecule has 2 aromatic carbocycles. The van der Waals surface area contributed by atoms with Crippen LogP contribution in [-0.4, -0.2) is 25.3 Å². The summed E-state index contributed by atoms with van der Waals surface area (Å²) >= 11 is 0. The van der Waals surface area contributed by atoms with E-state index < -0.39 is 15.6 Å². The predicted molar refractivity (Wildman–Crippen MR) is 99.5 cm³/mol. The molecule has 5 nitrogen and oxygen atoms in total. The highest BCUT2D eigenvalue weighted by Gasteiger charge is 2.35. The molecule has 1 aliphatic heterocycles. The van der Waals surface area contributed by atoms with Gasteiger partial charge >= 0.3 is 5.63 Å². The van der Waals surface area contributed by atoms with E-state index >= 15 is 0 Å². The molecule has 0 radical (unpaired) electrons. The molecule has 1 aliphatic rings. The zero-order valence-corrected chi connectivity index (χ0v) is 15.0. The van der Waals surface area contributed by atoms with Gasteiger partial charge in [-0.05, 0) is 49.1 Å². The monoisotopic (exact) mass is 369 g/mol. The lowest BCUT2D eigenvalue weighted by Gasteiger charge is -2.24. The minimum Gasteiger partial charge on any atom is -0.423 e. The highest BCUT2D eigenvalue weighted by Crippen LogP contribution is 2.29. The van der Waals surface area contributed by atoms with Crippen molar-refractivity contribution in [3.8, 4) is 0 Å². The van der Waals surface area contributed by atoms with Crippen LogP contribution in [0.4, 0.5) is 0 Å². The molecule has 6 heteroatoms. The molecule has 1 atom stereocenters. The van der Waals surface area contributed by atoms with Crippen molar-refractivity contribution in [1.29, 1.82) is 0 Å². The molecule has 0 aliphatic carbocycles. The summed E-state index contributed by atoms with van der Waals surface area (Å²) in [6.07, 6.45) is 2.43. The summed E-state index contributed by atoms with van der Waals surface area (Å²) in [6.45, 7) is 0.530. The Labute approximate surface area is 151 Å². The Hall–Kier alpha value is -2.44. The molecule has 0 bridgehead atoms. The van der Waals surface area contributed by atoms with Gasteiger partial charge in [0.1, 0.15) is 5.58 Å². The molecule has 3 aromatic rings. The third-order valence-electron chi connectivity index (χ3n) is 4.83. The van der Waals surface area contributed by atoms with Gasteiger partial charge in [-0.15, -0.1) is 0 Å². The van der Waals surface area contributed by atoms with Gasteiger partial charge in [-0.2, -0.15) is 4.31 Å². The lowest BCUT2D eigenvalue weighted by Crippen LogP contribution is -2.36. The molecule has 1 saturated heterocycles. The van der Waals surface area contributed by atoms with Crippen LogP contribution in [0.3, 0.4) is 0 Å². The summed E-state index contributed by atoms with van der Waals surface area (Å²) in [5.74, 6) is 0. The van der Waals surface area contributed by atoms with E-state index in [-0.39, 0.29) is 10.9 Å². The minimum absolute atomic E-state index is 0.0354. The number of sulfonamides is 1. The van der Waals surface area contributed by atoms with Crippen molar-refractivity contribution in [2.45, 2.75) is 30.2 Å². The van der Waals surface area contributed by atoms with Crippen LogP contribution in [0.1, 0.15) is 18.4 Å². The van der Waals surface area contributed by atoms with Gasteiger partial charge in [0.2, 0.25) is 10.0 Å². The Morgan fingerprint density at radius 1 is 1.04 bits per heavy atom. The molecule has 0 saturated carbocycles. The molecule has 4 rings (SSSR count). The highest BCUT2D eigenvalue weighted by atomic mass is 32.2. The summed E-state index contributed by atoms with van der Waals surface area (Å²) in [6, 6.07) is 17.4. The van der Waals surface area contributed by atoms with Crippen LogP contribution in [-0.2, 0) is 16.4 Å². The van der Waals surface area contributed by atoms with Crippen LogP contribution >= 0.6 is 0 Å². The molecular formula is C20H19NO4S. The summed E-state index contributed by atoms with van der Waals surface area (Å²) in [4.78, 5) is 11.5. The first-order valence-corrected chi connectivity index (χ1v) is 10.1. The quantitative estimate of drug-likeness (QED) is 0.663. The summed E-state index contributed by atoms with van der Waals surface area (Å²) in [5, 5.41) is 0.601. The van der Waals surface area contributed by atoms with E-state index in [1.807, 2.05) is 30.3 Å². The van der Waals surface area contributed by atoms with Gasteiger partial charge in [0.15, 0.2) is 0 Å². The molecule has 1 aromatic heterocycles. The van der Waals surface area contributed by atoms with E-state index in [0.29, 0.717) is 23.9 Å². The first-order chi connectivity index (χ1) is 12.5. The lowest BCUT2D eigenvalue weighted by atomic mass is 10.1. The summed E-state index contributed by atoms with van der Waals surface area (Å²) < 4.78 is 33.1. The average Bonchev–Trinajstić information content (AvgIpc) is 3.11. The van der Waals surface area contributed by atoms with Crippen molar-refractivity contribution < 1.29 is 12.8 Å². The maximum atomic E-state index is 13.2. The van der Waals surface area contributed by atoms with Gasteiger partial charge in [-0.3, -0.25) is 0 Å². The van der Waals surface area contributed by atoms with Gasteiger partial charge in [-0.25, -0.2) is 13.2 Å². The van der Waals surface area contributed by atoms with E-state index in [2.05, 4.69) is 0 Å². The van der Waals surface area contributed by atoms with Gasteiger partial charge in [0.05, 0.1) is 4.90 Å². The third-order valence-corrected chi connectivity index (χ3v) is 6.78. The first kappa shape index (κ1) is 17.0. The van der Waals surface area contributed by atoms with Crippen LogP contribution in [0.25, 0.3) is 11.0 Å². The Morgan fingerprint density at radius 3 is 2.65 bits per heavy atom. The van der Waals surface area contributed by atoms with Crippen molar-refractivity contribution in [2.24, 2.45) is 0 Å². The van der Waals surface area contributed by atoms with Crippen molar-refractivity contribution >= 4 is 21.0 Å². The standard InChI is InChI=1S/C20H19NO4S/c22-20-11-8-16-14-18(9-10-19(16)25-20)26(23,24)21-12-4-7-17(21)13-15-5-2-1-3-6-15/h1-3,5-6,8-11,14,17H,4,7,12-13H2. The fourth-order valence-corrected chi connectivity index (χ4v) is 5.29. The van der Waals surface area contributed by atoms with E-state index in [4.69, 9.17) is 4.42 Å². The molecule has 1 unspecified atom stereocenters. The molecule has 134 valence electrons. The SMILES string of the molecule is O=c1ccc2cc(S(=O)(=O)N3CCCC3Cc3ccccc3)ccc2o1. The maximum absolute atomic E-state index is 13.2. The molecule has 26 heavy (non-hydrogen) atoms. The van der Waals surface area contributed by atoms with Gasteiger partial charge in [0, 0.05) is 24.0 Å². The van der Waals surface area contributed by atoms with Crippen LogP contribution in [0.5, 0.6) is 0 Å². The second-order valence-corrected chi connectivity index (χ2v) is 8.45. The predicted octanol–water partition coefficient (Wildman–Crippen LogP) is 3.19. The molecule has 0 spiro atoms. The van der Waals surface area contributed by atoms with E-state index in [1.165, 1.54) is 12.1 Å². The van der Waals surface area contributed by atoms with Gasteiger partial charge in [-0.1, -0.05) is 30.3 Å². The second kappa shape index (κ2) is 6.70. The van der Waals surface area contributed by atoms with E-state index in [0.717, 1.165) is 18.4 Å². The van der Waals surface area contributed by atoms with E-state index in [1.54, 1.807) is 22.5 Å². The fraction of sp³-hybridized carbons (Fsp3) is 0.250. The second-order valence-electron chi connectivity index (χ2n) is 6.56. The molecular weight excluding hydrogens is 350 g/mol. The highest BCUT2D eigenvalue weighted by molar-refractivity contribution is 7.89. The number of rotatable bonds is 4. The zero-order valence-electron chi connectivity index (χ0n) is 14.2. The van der Waals surface area contributed by atoms with Crippen molar-refractivity contribution in [3.05, 3.63) is 76.6 Å². The molecule has 1 fully saturated rings. The van der Waals surface area contributed by atoms with Crippen molar-refractivity contribution in [3.63, 3.8) is 0 Å². The number of nitrogens with zero attached hydrogens (tertiary/aromatic N) is 1. The number of hydrogen-bond donors (Lipinski definition) is 0. The van der Waals surface area contributed by atoms with Gasteiger partial charge in [0.25, 0.3) is 0 Å². The van der Waals surface area contributed by atoms with Crippen LogP contribution in [0.2, 0.25) is 0 Å². The van der Waals surface area contributed by atoms with Gasteiger partial charge < -0.3 is 4.42 Å². The topological polar surface area (TPSA) is 67.6 Å². The first-order valence-electron chi connectivity index (χ1n) is 8.64. The Bertz CT molecular complexity index is 1090. The normalized spacial score (nSPS) is 18.4. The van der Waals surface area contributed by atoms with Crippen LogP contribution in [0.15, 0.2) is 74.8 Å². The third kappa shape index (κ3) is 3.18. The molecule has 0 N–H and O–H groups in total. The van der Waals surface area contributed by atoms with Crippen molar-refractivity contribution in [1.82, 2.24) is 4.31 Å². The van der Waals surface area contributed by atoms with E-state index in [9.17, 15) is 13.2 Å². The minimum atomic E-state index is -3.60. The zero-order chi connectivity index (χ0) is 18.1. The summed E-state index contributed by atoms with van der Waals surface area (Å²) in [5.41, 5.74) is 1.08. The summed E-state index contributed by atoms with van der Waals surface area (Å²) in [7, 11) is -3.60. The Kier molecular flexibility index (Phi) is 4.38.